The zero-order valence-electron chi connectivity index (χ0n) is 6.08. The number of hydrogen-bond acceptors (Lipinski definition) is 0. The number of rotatable bonds is 0. The highest BCUT2D eigenvalue weighted by atomic mass is 19.1. The van der Waals surface area contributed by atoms with Crippen LogP contribution in [0.1, 0.15) is 33.1 Å². The third kappa shape index (κ3) is 1.54. The maximum absolute atomic E-state index is 12.7. The second kappa shape index (κ2) is 2.51. The van der Waals surface area contributed by atoms with Crippen molar-refractivity contribution in [3.8, 4) is 0 Å². The van der Waals surface area contributed by atoms with E-state index >= 15 is 0 Å². The van der Waals surface area contributed by atoms with Crippen molar-refractivity contribution in [2.24, 2.45) is 5.92 Å². The minimum absolute atomic E-state index is 0.133. The fourth-order valence-electron chi connectivity index (χ4n) is 1.18. The molecule has 0 N–H and O–H groups in total. The van der Waals surface area contributed by atoms with Crippen molar-refractivity contribution in [1.82, 2.24) is 0 Å². The Labute approximate surface area is 55.8 Å². The highest BCUT2D eigenvalue weighted by Gasteiger charge is 2.14. The van der Waals surface area contributed by atoms with Crippen LogP contribution in [0.5, 0.6) is 0 Å². The Bertz CT molecular complexity index is 136. The van der Waals surface area contributed by atoms with E-state index in [0.717, 1.165) is 12.0 Å². The minimum atomic E-state index is 0.133. The van der Waals surface area contributed by atoms with E-state index < -0.39 is 0 Å². The van der Waals surface area contributed by atoms with Crippen LogP contribution >= 0.6 is 0 Å². The lowest BCUT2D eigenvalue weighted by molar-refractivity contribution is 0.422. The molecule has 0 saturated heterocycles. The molecule has 1 aliphatic carbocycles. The largest absolute Gasteiger partial charge is 0.212 e. The van der Waals surface area contributed by atoms with Gasteiger partial charge in [0.15, 0.2) is 0 Å². The summed E-state index contributed by atoms with van der Waals surface area (Å²) in [4.78, 5) is 0. The van der Waals surface area contributed by atoms with E-state index in [4.69, 9.17) is 0 Å². The average Bonchev–Trinajstić information content (AvgIpc) is 1.80. The van der Waals surface area contributed by atoms with Crippen molar-refractivity contribution in [2.75, 3.05) is 0 Å². The molecule has 1 heteroatoms. The van der Waals surface area contributed by atoms with Crippen molar-refractivity contribution in [3.63, 3.8) is 0 Å². The predicted molar refractivity (Wildman–Crippen MR) is 36.8 cm³/mol. The molecule has 1 unspecified atom stereocenters. The molecule has 0 aromatic carbocycles. The lowest BCUT2D eigenvalue weighted by Crippen LogP contribution is -2.02. The molecule has 0 radical (unpaired) electrons. The molecule has 0 aromatic heterocycles. The van der Waals surface area contributed by atoms with Crippen LogP contribution in [0.15, 0.2) is 11.4 Å². The summed E-state index contributed by atoms with van der Waals surface area (Å²) in [7, 11) is 0. The van der Waals surface area contributed by atoms with Gasteiger partial charge in [-0.05, 0) is 31.3 Å². The SMILES string of the molecule is CC1=C(F)CC(C)CC1. The molecule has 0 saturated carbocycles. The Morgan fingerprint density at radius 2 is 2.22 bits per heavy atom. The lowest BCUT2D eigenvalue weighted by atomic mass is 9.91. The van der Waals surface area contributed by atoms with Crippen molar-refractivity contribution >= 4 is 0 Å². The summed E-state index contributed by atoms with van der Waals surface area (Å²) in [6.45, 7) is 3.99. The summed E-state index contributed by atoms with van der Waals surface area (Å²) < 4.78 is 12.7. The van der Waals surface area contributed by atoms with Crippen LogP contribution in [0, 0.1) is 5.92 Å². The van der Waals surface area contributed by atoms with E-state index in [1.54, 1.807) is 0 Å². The standard InChI is InChI=1S/C8H13F/c1-6-3-4-7(2)8(9)5-6/h6H,3-5H2,1-2H3. The maximum Gasteiger partial charge on any atom is 0.0991 e. The maximum atomic E-state index is 12.7. The molecule has 0 aliphatic heterocycles. The molecule has 0 heterocycles. The second-order valence-corrected chi connectivity index (χ2v) is 3.03. The zero-order chi connectivity index (χ0) is 6.85. The van der Waals surface area contributed by atoms with Gasteiger partial charge in [-0.15, -0.1) is 0 Å². The monoisotopic (exact) mass is 128 g/mol. The van der Waals surface area contributed by atoms with Crippen LogP contribution in [-0.4, -0.2) is 0 Å². The third-order valence-corrected chi connectivity index (χ3v) is 2.00. The summed E-state index contributed by atoms with van der Waals surface area (Å²) in [5.74, 6) is 0.697. The van der Waals surface area contributed by atoms with Gasteiger partial charge in [0.05, 0.1) is 5.83 Å². The van der Waals surface area contributed by atoms with E-state index in [9.17, 15) is 4.39 Å². The van der Waals surface area contributed by atoms with E-state index in [2.05, 4.69) is 6.92 Å². The lowest BCUT2D eigenvalue weighted by Gasteiger charge is -2.17. The van der Waals surface area contributed by atoms with Crippen LogP contribution in [0.3, 0.4) is 0 Å². The summed E-state index contributed by atoms with van der Waals surface area (Å²) in [5.41, 5.74) is 0.966. The molecular weight excluding hydrogens is 115 g/mol. The zero-order valence-corrected chi connectivity index (χ0v) is 6.08. The molecule has 0 bridgehead atoms. The molecule has 1 rings (SSSR count). The van der Waals surface area contributed by atoms with Gasteiger partial charge in [-0.1, -0.05) is 6.92 Å². The first-order chi connectivity index (χ1) is 4.20. The van der Waals surface area contributed by atoms with Gasteiger partial charge in [-0.3, -0.25) is 0 Å². The fraction of sp³-hybridized carbons (Fsp3) is 0.750. The van der Waals surface area contributed by atoms with Gasteiger partial charge in [0.1, 0.15) is 0 Å². The van der Waals surface area contributed by atoms with E-state index in [1.165, 1.54) is 6.42 Å². The molecule has 52 valence electrons. The van der Waals surface area contributed by atoms with Crippen molar-refractivity contribution < 1.29 is 4.39 Å². The molecule has 1 aliphatic rings. The summed E-state index contributed by atoms with van der Waals surface area (Å²) >= 11 is 0. The Morgan fingerprint density at radius 3 is 2.67 bits per heavy atom. The van der Waals surface area contributed by atoms with Crippen LogP contribution in [0.25, 0.3) is 0 Å². The number of allylic oxidation sites excluding steroid dienone is 2. The Morgan fingerprint density at radius 1 is 1.56 bits per heavy atom. The second-order valence-electron chi connectivity index (χ2n) is 3.03. The first-order valence-electron chi connectivity index (χ1n) is 3.54. The molecule has 0 amide bonds. The molecule has 1 atom stereocenters. The topological polar surface area (TPSA) is 0 Å². The van der Waals surface area contributed by atoms with E-state index in [0.29, 0.717) is 12.3 Å². The van der Waals surface area contributed by atoms with Gasteiger partial charge >= 0.3 is 0 Å². The van der Waals surface area contributed by atoms with Gasteiger partial charge in [-0.2, -0.15) is 0 Å². The third-order valence-electron chi connectivity index (χ3n) is 2.00. The molecule has 0 aromatic rings. The molecule has 0 spiro atoms. The van der Waals surface area contributed by atoms with Crippen molar-refractivity contribution in [2.45, 2.75) is 33.1 Å². The first kappa shape index (κ1) is 6.79. The van der Waals surface area contributed by atoms with Crippen LogP contribution < -0.4 is 0 Å². The smallest absolute Gasteiger partial charge is 0.0991 e. The summed E-state index contributed by atoms with van der Waals surface area (Å²) in [5, 5.41) is 0. The molecular formula is C8H13F. The first-order valence-corrected chi connectivity index (χ1v) is 3.54. The number of halogens is 1. The Balaban J connectivity index is 2.61. The van der Waals surface area contributed by atoms with Gasteiger partial charge < -0.3 is 0 Å². The number of hydrogen-bond donors (Lipinski definition) is 0. The highest BCUT2D eigenvalue weighted by molar-refractivity contribution is 5.08. The van der Waals surface area contributed by atoms with E-state index in [-0.39, 0.29) is 5.83 Å². The van der Waals surface area contributed by atoms with Crippen molar-refractivity contribution in [1.29, 1.82) is 0 Å². The fourth-order valence-corrected chi connectivity index (χ4v) is 1.18. The summed E-state index contributed by atoms with van der Waals surface area (Å²) in [6, 6.07) is 0. The van der Waals surface area contributed by atoms with Crippen LogP contribution in [-0.2, 0) is 0 Å². The molecule has 0 nitrogen and oxygen atoms in total. The Kier molecular flexibility index (Phi) is 1.89. The van der Waals surface area contributed by atoms with Crippen LogP contribution in [0.2, 0.25) is 0 Å². The van der Waals surface area contributed by atoms with Gasteiger partial charge in [0.2, 0.25) is 0 Å². The minimum Gasteiger partial charge on any atom is -0.212 e. The van der Waals surface area contributed by atoms with Gasteiger partial charge in [0.25, 0.3) is 0 Å². The highest BCUT2D eigenvalue weighted by Crippen LogP contribution is 2.28. The quantitative estimate of drug-likeness (QED) is 0.470. The van der Waals surface area contributed by atoms with Crippen LogP contribution in [0.4, 0.5) is 4.39 Å². The van der Waals surface area contributed by atoms with Gasteiger partial charge in [0, 0.05) is 6.42 Å². The average molecular weight is 128 g/mol. The predicted octanol–water partition coefficient (Wildman–Crippen LogP) is 3.05. The van der Waals surface area contributed by atoms with Gasteiger partial charge in [-0.25, -0.2) is 4.39 Å². The summed E-state index contributed by atoms with van der Waals surface area (Å²) in [6.07, 6.45) is 2.80. The normalized spacial score (nSPS) is 29.0. The van der Waals surface area contributed by atoms with Crippen molar-refractivity contribution in [3.05, 3.63) is 11.4 Å². The molecule has 0 fully saturated rings. The molecule has 9 heavy (non-hydrogen) atoms. The van der Waals surface area contributed by atoms with E-state index in [1.807, 2.05) is 6.92 Å². The Hall–Kier alpha value is -0.330.